The van der Waals surface area contributed by atoms with Crippen LogP contribution in [-0.4, -0.2) is 38.5 Å². The van der Waals surface area contributed by atoms with Crippen LogP contribution in [0.3, 0.4) is 0 Å². The highest BCUT2D eigenvalue weighted by Crippen LogP contribution is 2.33. The zero-order valence-electron chi connectivity index (χ0n) is 14.7. The molecule has 1 aliphatic rings. The first-order valence-corrected chi connectivity index (χ1v) is 9.92. The second-order valence-corrected chi connectivity index (χ2v) is 8.43. The largest absolute Gasteiger partial charge is 0.480 e. The molecule has 0 bridgehead atoms. The first kappa shape index (κ1) is 18.9. The number of amides is 1. The van der Waals surface area contributed by atoms with Crippen LogP contribution in [0.1, 0.15) is 23.2 Å². The van der Waals surface area contributed by atoms with Crippen LogP contribution in [0.15, 0.2) is 59.5 Å². The Morgan fingerprint density at radius 3 is 2.19 bits per heavy atom. The molecule has 8 heteroatoms. The van der Waals surface area contributed by atoms with Gasteiger partial charge in [0.25, 0.3) is 15.9 Å². The monoisotopic (exact) mass is 388 g/mol. The van der Waals surface area contributed by atoms with Crippen molar-refractivity contribution in [1.82, 2.24) is 5.32 Å². The molecule has 142 valence electrons. The Morgan fingerprint density at radius 1 is 1.07 bits per heavy atom. The number of carboxylic acid groups (broad SMARTS) is 1. The Balaban J connectivity index is 1.76. The van der Waals surface area contributed by atoms with E-state index in [0.29, 0.717) is 5.69 Å². The van der Waals surface area contributed by atoms with E-state index >= 15 is 0 Å². The van der Waals surface area contributed by atoms with Crippen molar-refractivity contribution in [3.63, 3.8) is 0 Å². The number of para-hydroxylation sites is 1. The Morgan fingerprint density at radius 2 is 1.67 bits per heavy atom. The molecule has 27 heavy (non-hydrogen) atoms. The number of carbonyl (C=O) groups is 2. The maximum atomic E-state index is 12.7. The standard InChI is InChI=1S/C19H20N2O5S/c1-21(15-5-3-2-4-6-15)27(25,26)16-11-9-14(10-12-16)18(22)20-17(19(23)24)13-7-8-13/h2-6,9-13,17H,7-8H2,1H3,(H,20,22)(H,23,24). The van der Waals surface area contributed by atoms with Gasteiger partial charge in [-0.1, -0.05) is 18.2 Å². The van der Waals surface area contributed by atoms with Gasteiger partial charge in [-0.25, -0.2) is 13.2 Å². The molecule has 0 aliphatic heterocycles. The summed E-state index contributed by atoms with van der Waals surface area (Å²) in [4.78, 5) is 23.6. The third-order valence-electron chi connectivity index (χ3n) is 4.54. The lowest BCUT2D eigenvalue weighted by molar-refractivity contribution is -0.139. The number of nitrogens with one attached hydrogen (secondary N) is 1. The van der Waals surface area contributed by atoms with Gasteiger partial charge < -0.3 is 10.4 Å². The third-order valence-corrected chi connectivity index (χ3v) is 6.34. The van der Waals surface area contributed by atoms with E-state index in [4.69, 9.17) is 0 Å². The maximum absolute atomic E-state index is 12.7. The van der Waals surface area contributed by atoms with Crippen molar-refractivity contribution in [2.24, 2.45) is 5.92 Å². The molecule has 0 radical (unpaired) electrons. The van der Waals surface area contributed by atoms with E-state index in [-0.39, 0.29) is 16.4 Å². The van der Waals surface area contributed by atoms with E-state index in [1.807, 2.05) is 0 Å². The van der Waals surface area contributed by atoms with Crippen LogP contribution >= 0.6 is 0 Å². The average molecular weight is 388 g/mol. The molecular formula is C19H20N2O5S. The minimum atomic E-state index is -3.77. The second kappa shape index (κ2) is 7.40. The number of benzene rings is 2. The highest BCUT2D eigenvalue weighted by molar-refractivity contribution is 7.92. The normalized spacial score (nSPS) is 15.0. The number of carbonyl (C=O) groups excluding carboxylic acids is 1. The molecule has 7 nitrogen and oxygen atoms in total. The van der Waals surface area contributed by atoms with Crippen molar-refractivity contribution in [3.05, 3.63) is 60.2 Å². The number of nitrogens with zero attached hydrogens (tertiary/aromatic N) is 1. The zero-order valence-corrected chi connectivity index (χ0v) is 15.5. The Bertz CT molecular complexity index is 938. The number of hydrogen-bond donors (Lipinski definition) is 2. The van der Waals surface area contributed by atoms with Gasteiger partial charge in [-0.05, 0) is 55.2 Å². The van der Waals surface area contributed by atoms with Crippen molar-refractivity contribution in [1.29, 1.82) is 0 Å². The quantitative estimate of drug-likeness (QED) is 0.756. The van der Waals surface area contributed by atoms with Gasteiger partial charge in [-0.15, -0.1) is 0 Å². The van der Waals surface area contributed by atoms with Crippen LogP contribution in [0.2, 0.25) is 0 Å². The predicted octanol–water partition coefficient (Wildman–Crippen LogP) is 2.10. The van der Waals surface area contributed by atoms with Crippen LogP contribution in [0.25, 0.3) is 0 Å². The fraction of sp³-hybridized carbons (Fsp3) is 0.263. The molecule has 1 saturated carbocycles. The topological polar surface area (TPSA) is 104 Å². The summed E-state index contributed by atoms with van der Waals surface area (Å²) in [7, 11) is -2.31. The van der Waals surface area contributed by atoms with Crippen molar-refractivity contribution < 1.29 is 23.1 Å². The van der Waals surface area contributed by atoms with Crippen molar-refractivity contribution >= 4 is 27.6 Å². The molecule has 1 aliphatic carbocycles. The van der Waals surface area contributed by atoms with Crippen molar-refractivity contribution in [2.45, 2.75) is 23.8 Å². The van der Waals surface area contributed by atoms with Crippen molar-refractivity contribution in [3.8, 4) is 0 Å². The molecule has 1 amide bonds. The molecule has 0 heterocycles. The van der Waals surface area contributed by atoms with E-state index < -0.39 is 27.9 Å². The van der Waals surface area contributed by atoms with Crippen LogP contribution in [0.4, 0.5) is 5.69 Å². The summed E-state index contributed by atoms with van der Waals surface area (Å²) in [5.74, 6) is -1.63. The number of anilines is 1. The summed E-state index contributed by atoms with van der Waals surface area (Å²) in [6, 6.07) is 13.2. The fourth-order valence-corrected chi connectivity index (χ4v) is 3.94. The number of carboxylic acids is 1. The zero-order chi connectivity index (χ0) is 19.6. The van der Waals surface area contributed by atoms with Crippen molar-refractivity contribution in [2.75, 3.05) is 11.4 Å². The summed E-state index contributed by atoms with van der Waals surface area (Å²) >= 11 is 0. The van der Waals surface area contributed by atoms with Gasteiger partial charge in [0, 0.05) is 12.6 Å². The molecule has 2 aromatic rings. The van der Waals surface area contributed by atoms with E-state index in [0.717, 1.165) is 17.1 Å². The molecule has 1 fully saturated rings. The molecule has 1 atom stereocenters. The van der Waals surface area contributed by atoms with Gasteiger partial charge >= 0.3 is 5.97 Å². The van der Waals surface area contributed by atoms with Crippen LogP contribution in [0.5, 0.6) is 0 Å². The summed E-state index contributed by atoms with van der Waals surface area (Å²) in [6.45, 7) is 0. The average Bonchev–Trinajstić information content (AvgIpc) is 3.50. The van der Waals surface area contributed by atoms with E-state index in [9.17, 15) is 23.1 Å². The molecular weight excluding hydrogens is 368 g/mol. The summed E-state index contributed by atoms with van der Waals surface area (Å²) in [6.07, 6.45) is 1.56. The summed E-state index contributed by atoms with van der Waals surface area (Å²) in [5, 5.41) is 11.7. The Hall–Kier alpha value is -2.87. The summed E-state index contributed by atoms with van der Waals surface area (Å²) in [5.41, 5.74) is 0.733. The fourth-order valence-electron chi connectivity index (χ4n) is 2.75. The first-order chi connectivity index (χ1) is 12.8. The van der Waals surface area contributed by atoms with Crippen LogP contribution in [-0.2, 0) is 14.8 Å². The molecule has 3 rings (SSSR count). The Kier molecular flexibility index (Phi) is 5.18. The minimum Gasteiger partial charge on any atom is -0.480 e. The number of rotatable bonds is 7. The molecule has 2 N–H and O–H groups in total. The number of hydrogen-bond acceptors (Lipinski definition) is 4. The number of sulfonamides is 1. The van der Waals surface area contributed by atoms with Crippen LogP contribution in [0, 0.1) is 5.92 Å². The smallest absolute Gasteiger partial charge is 0.326 e. The van der Waals surface area contributed by atoms with Gasteiger partial charge in [0.05, 0.1) is 10.6 Å². The van der Waals surface area contributed by atoms with Gasteiger partial charge in [0.1, 0.15) is 6.04 Å². The maximum Gasteiger partial charge on any atom is 0.326 e. The molecule has 2 aromatic carbocycles. The lowest BCUT2D eigenvalue weighted by atomic mass is 10.1. The van der Waals surface area contributed by atoms with Gasteiger partial charge in [-0.3, -0.25) is 9.10 Å². The van der Waals surface area contributed by atoms with E-state index in [1.165, 1.54) is 31.3 Å². The minimum absolute atomic E-state index is 0.0365. The van der Waals surface area contributed by atoms with E-state index in [1.54, 1.807) is 30.3 Å². The Labute approximate surface area is 157 Å². The second-order valence-electron chi connectivity index (χ2n) is 6.46. The molecule has 0 aromatic heterocycles. The van der Waals surface area contributed by atoms with Gasteiger partial charge in [0.2, 0.25) is 0 Å². The lowest BCUT2D eigenvalue weighted by Crippen LogP contribution is -2.42. The van der Waals surface area contributed by atoms with E-state index in [2.05, 4.69) is 5.32 Å². The molecule has 0 spiro atoms. The predicted molar refractivity (Wildman–Crippen MR) is 100 cm³/mol. The highest BCUT2D eigenvalue weighted by atomic mass is 32.2. The van der Waals surface area contributed by atoms with Gasteiger partial charge in [-0.2, -0.15) is 0 Å². The SMILES string of the molecule is CN(c1ccccc1)S(=O)(=O)c1ccc(C(=O)NC(C(=O)O)C2CC2)cc1. The van der Waals surface area contributed by atoms with Gasteiger partial charge in [0.15, 0.2) is 0 Å². The molecule has 0 saturated heterocycles. The number of aliphatic carboxylic acids is 1. The molecule has 1 unspecified atom stereocenters. The van der Waals surface area contributed by atoms with Crippen LogP contribution < -0.4 is 9.62 Å². The summed E-state index contributed by atoms with van der Waals surface area (Å²) < 4.78 is 26.6. The first-order valence-electron chi connectivity index (χ1n) is 8.48. The lowest BCUT2D eigenvalue weighted by Gasteiger charge is -2.19. The third kappa shape index (κ3) is 4.11. The highest BCUT2D eigenvalue weighted by Gasteiger charge is 2.37.